The lowest BCUT2D eigenvalue weighted by atomic mass is 9.78. The van der Waals surface area contributed by atoms with Crippen LogP contribution < -0.4 is 4.74 Å². The molecule has 0 aromatic heterocycles. The first-order chi connectivity index (χ1) is 16.2. The molecule has 1 aliphatic heterocycles. The number of hydrogen-bond acceptors (Lipinski definition) is 4. The van der Waals surface area contributed by atoms with Crippen LogP contribution in [-0.2, 0) is 27.6 Å². The van der Waals surface area contributed by atoms with Crippen molar-refractivity contribution in [2.45, 2.75) is 41.6 Å². The molecule has 1 fully saturated rings. The van der Waals surface area contributed by atoms with Gasteiger partial charge in [-0.05, 0) is 79.4 Å². The molecule has 1 heterocycles. The van der Waals surface area contributed by atoms with E-state index in [9.17, 15) is 12.8 Å². The van der Waals surface area contributed by atoms with Crippen LogP contribution in [-0.4, -0.2) is 33.0 Å². The number of ether oxygens (including phenoxy) is 1. The second-order valence-electron chi connectivity index (χ2n) is 8.96. The van der Waals surface area contributed by atoms with Gasteiger partial charge in [0.1, 0.15) is 17.2 Å². The van der Waals surface area contributed by atoms with Gasteiger partial charge in [-0.1, -0.05) is 47.5 Å². The number of para-hydroxylation sites is 1. The van der Waals surface area contributed by atoms with E-state index in [0.717, 1.165) is 29.5 Å². The minimum atomic E-state index is -3.78. The van der Waals surface area contributed by atoms with Crippen molar-refractivity contribution in [1.29, 1.82) is 0 Å². The van der Waals surface area contributed by atoms with Gasteiger partial charge < -0.3 is 9.64 Å². The highest BCUT2D eigenvalue weighted by Crippen LogP contribution is 2.52. The smallest absolute Gasteiger partial charge is 0.189 e. The number of sulfone groups is 1. The third kappa shape index (κ3) is 3.72. The molecule has 0 unspecified atom stereocenters. The highest BCUT2D eigenvalue weighted by Gasteiger charge is 2.58. The Bertz CT molecular complexity index is 1330. The molecule has 4 nitrogen and oxygen atoms in total. The minimum absolute atomic E-state index is 0.140. The molecule has 2 atom stereocenters. The quantitative estimate of drug-likeness (QED) is 0.386. The van der Waals surface area contributed by atoms with Crippen molar-refractivity contribution >= 4 is 33.0 Å². The molecule has 0 saturated carbocycles. The molecule has 3 aromatic carbocycles. The average Bonchev–Trinajstić information content (AvgIpc) is 3.17. The molecular formula is C26H24Cl2FNO3S. The van der Waals surface area contributed by atoms with Crippen molar-refractivity contribution in [3.8, 4) is 5.75 Å². The molecule has 8 heteroatoms. The van der Waals surface area contributed by atoms with Crippen molar-refractivity contribution < 1.29 is 17.5 Å². The summed E-state index contributed by atoms with van der Waals surface area (Å²) < 4.78 is 46.5. The first kappa shape index (κ1) is 23.6. The van der Waals surface area contributed by atoms with E-state index in [2.05, 4.69) is 4.90 Å². The van der Waals surface area contributed by atoms with E-state index in [1.54, 1.807) is 18.2 Å². The Balaban J connectivity index is 1.54. The normalized spacial score (nSPS) is 22.3. The Kier molecular flexibility index (Phi) is 6.13. The summed E-state index contributed by atoms with van der Waals surface area (Å²) in [5.74, 6) is -0.0276. The maximum absolute atomic E-state index is 14.1. The lowest BCUT2D eigenvalue weighted by Gasteiger charge is -2.42. The van der Waals surface area contributed by atoms with Gasteiger partial charge in [0.15, 0.2) is 15.6 Å². The van der Waals surface area contributed by atoms with E-state index in [1.165, 1.54) is 24.3 Å². The monoisotopic (exact) mass is 519 g/mol. The molecule has 0 radical (unpaired) electrons. The van der Waals surface area contributed by atoms with Crippen molar-refractivity contribution in [2.75, 3.05) is 13.6 Å². The van der Waals surface area contributed by atoms with Crippen molar-refractivity contribution in [3.63, 3.8) is 0 Å². The second kappa shape index (κ2) is 8.83. The Labute approximate surface area is 209 Å². The van der Waals surface area contributed by atoms with Crippen LogP contribution in [0.4, 0.5) is 4.39 Å². The van der Waals surface area contributed by atoms with E-state index in [1.807, 2.05) is 25.2 Å². The highest BCUT2D eigenvalue weighted by atomic mass is 35.5. The zero-order chi connectivity index (χ0) is 24.1. The van der Waals surface area contributed by atoms with Crippen LogP contribution in [0.25, 0.3) is 0 Å². The van der Waals surface area contributed by atoms with Gasteiger partial charge >= 0.3 is 0 Å². The van der Waals surface area contributed by atoms with Crippen LogP contribution in [0.5, 0.6) is 5.75 Å². The molecule has 5 rings (SSSR count). The predicted octanol–water partition coefficient (Wildman–Crippen LogP) is 6.03. The zero-order valence-corrected chi connectivity index (χ0v) is 20.9. The van der Waals surface area contributed by atoms with E-state index in [-0.39, 0.29) is 17.5 Å². The number of benzene rings is 3. The lowest BCUT2D eigenvalue weighted by Crippen LogP contribution is -2.50. The maximum Gasteiger partial charge on any atom is 0.189 e. The van der Waals surface area contributed by atoms with Crippen molar-refractivity contribution in [2.24, 2.45) is 0 Å². The molecule has 1 saturated heterocycles. The number of likely N-dealkylation sites (tertiary alicyclic amines) is 1. The highest BCUT2D eigenvalue weighted by molar-refractivity contribution is 7.92. The van der Waals surface area contributed by atoms with E-state index < -0.39 is 20.4 Å². The summed E-state index contributed by atoms with van der Waals surface area (Å²) in [5, 5.41) is 0.873. The Morgan fingerprint density at radius 2 is 1.79 bits per heavy atom. The number of rotatable bonds is 5. The summed E-state index contributed by atoms with van der Waals surface area (Å²) in [6.07, 6.45) is 1.99. The summed E-state index contributed by atoms with van der Waals surface area (Å²) in [6, 6.07) is 16.1. The summed E-state index contributed by atoms with van der Waals surface area (Å²) in [6.45, 7) is 0.943. The average molecular weight is 520 g/mol. The Hall–Kier alpha value is -2.12. The molecule has 2 aliphatic rings. The SMILES string of the molecule is CN1CC[C@@]2(S(=O)(=O)c3ccc(F)cc3)c3ccc(COc4c(Cl)cccc4Cl)cc3CC[C@@H]12. The number of nitrogens with zero attached hydrogens (tertiary/aromatic N) is 1. The maximum atomic E-state index is 14.1. The zero-order valence-electron chi connectivity index (χ0n) is 18.6. The predicted molar refractivity (Wildman–Crippen MR) is 132 cm³/mol. The molecule has 3 aromatic rings. The van der Waals surface area contributed by atoms with Gasteiger partial charge in [-0.3, -0.25) is 0 Å². The summed E-state index contributed by atoms with van der Waals surface area (Å²) >= 11 is 12.4. The number of halogens is 3. The van der Waals surface area contributed by atoms with Gasteiger partial charge in [-0.25, -0.2) is 12.8 Å². The molecule has 1 aliphatic carbocycles. The molecule has 34 heavy (non-hydrogen) atoms. The van der Waals surface area contributed by atoms with Crippen molar-refractivity contribution in [3.05, 3.63) is 93.2 Å². The van der Waals surface area contributed by atoms with Gasteiger partial charge in [0.25, 0.3) is 0 Å². The second-order valence-corrected chi connectivity index (χ2v) is 12.0. The molecule has 0 spiro atoms. The van der Waals surface area contributed by atoms with Crippen LogP contribution >= 0.6 is 23.2 Å². The van der Waals surface area contributed by atoms with Gasteiger partial charge in [0, 0.05) is 12.6 Å². The molecule has 178 valence electrons. The molecule has 0 amide bonds. The fourth-order valence-electron chi connectivity index (χ4n) is 5.50. The standard InChI is InChI=1S/C26H24Cl2FNO3S/c1-30-14-13-26(34(31,32)20-9-7-19(29)8-10-20)21-11-5-17(15-18(21)6-12-24(26)30)16-33-25-22(27)3-2-4-23(25)28/h2-5,7-11,15,24H,6,12-14,16H2,1H3/t24-,26-/m1/s1. The minimum Gasteiger partial charge on any atom is -0.486 e. The fraction of sp³-hybridized carbons (Fsp3) is 0.308. The number of hydrogen-bond donors (Lipinski definition) is 0. The van der Waals surface area contributed by atoms with Gasteiger partial charge in [-0.2, -0.15) is 0 Å². The van der Waals surface area contributed by atoms with Crippen LogP contribution in [0, 0.1) is 5.82 Å². The Morgan fingerprint density at radius 3 is 2.50 bits per heavy atom. The summed E-state index contributed by atoms with van der Waals surface area (Å²) in [7, 11) is -1.80. The number of aryl methyl sites for hydroxylation is 1. The van der Waals surface area contributed by atoms with Gasteiger partial charge in [-0.15, -0.1) is 0 Å². The number of fused-ring (bicyclic) bond motifs is 3. The molecular weight excluding hydrogens is 496 g/mol. The summed E-state index contributed by atoms with van der Waals surface area (Å²) in [4.78, 5) is 2.29. The Morgan fingerprint density at radius 1 is 1.09 bits per heavy atom. The van der Waals surface area contributed by atoms with Crippen LogP contribution in [0.2, 0.25) is 10.0 Å². The molecule has 0 N–H and O–H groups in total. The topological polar surface area (TPSA) is 46.6 Å². The molecule has 0 bridgehead atoms. The third-order valence-corrected chi connectivity index (χ3v) is 10.3. The first-order valence-corrected chi connectivity index (χ1v) is 13.4. The fourth-order valence-corrected chi connectivity index (χ4v) is 8.42. The van der Waals surface area contributed by atoms with Crippen LogP contribution in [0.3, 0.4) is 0 Å². The van der Waals surface area contributed by atoms with Crippen LogP contribution in [0.1, 0.15) is 29.5 Å². The van der Waals surface area contributed by atoms with E-state index >= 15 is 0 Å². The van der Waals surface area contributed by atoms with Gasteiger partial charge in [0.2, 0.25) is 0 Å². The van der Waals surface area contributed by atoms with E-state index in [4.69, 9.17) is 27.9 Å². The number of likely N-dealkylation sites (N-methyl/N-ethyl adjacent to an activating group) is 1. The largest absolute Gasteiger partial charge is 0.486 e. The third-order valence-electron chi connectivity index (χ3n) is 7.12. The van der Waals surface area contributed by atoms with Crippen molar-refractivity contribution in [1.82, 2.24) is 4.90 Å². The first-order valence-electron chi connectivity index (χ1n) is 11.1. The lowest BCUT2D eigenvalue weighted by molar-refractivity contribution is 0.256. The summed E-state index contributed by atoms with van der Waals surface area (Å²) in [5.41, 5.74) is 2.74. The van der Waals surface area contributed by atoms with E-state index in [0.29, 0.717) is 28.8 Å². The van der Waals surface area contributed by atoms with Crippen LogP contribution in [0.15, 0.2) is 65.6 Å². The van der Waals surface area contributed by atoms with Gasteiger partial charge in [0.05, 0.1) is 14.9 Å².